The van der Waals surface area contributed by atoms with E-state index in [1.165, 1.54) is 44.1 Å². The molecule has 0 bridgehead atoms. The second kappa shape index (κ2) is 13.1. The maximum Gasteiger partial charge on any atom is 0.128 e. The van der Waals surface area contributed by atoms with Crippen LogP contribution in [0.15, 0.2) is 53.5 Å². The van der Waals surface area contributed by atoms with Gasteiger partial charge in [0.25, 0.3) is 0 Å². The van der Waals surface area contributed by atoms with Gasteiger partial charge in [-0.15, -0.1) is 0 Å². The number of aliphatic imine (C=N–C) groups is 1. The predicted octanol–water partition coefficient (Wildman–Crippen LogP) is 7.52. The van der Waals surface area contributed by atoms with E-state index in [4.69, 9.17) is 9.73 Å². The van der Waals surface area contributed by atoms with Gasteiger partial charge in [0.15, 0.2) is 0 Å². The Labute approximate surface area is 165 Å². The van der Waals surface area contributed by atoms with Crippen LogP contribution in [0.25, 0.3) is 0 Å². The van der Waals surface area contributed by atoms with Crippen LogP contribution < -0.4 is 4.74 Å². The van der Waals surface area contributed by atoms with E-state index in [9.17, 15) is 0 Å². The number of ether oxygens (including phenoxy) is 1. The summed E-state index contributed by atoms with van der Waals surface area (Å²) in [7, 11) is 0. The van der Waals surface area contributed by atoms with Crippen molar-refractivity contribution in [3.63, 3.8) is 0 Å². The summed E-state index contributed by atoms with van der Waals surface area (Å²) in [5.41, 5.74) is 3.46. The molecule has 0 heterocycles. The molecule has 0 amide bonds. The Kier molecular flexibility index (Phi) is 10.3. The first-order valence-corrected chi connectivity index (χ1v) is 10.7. The molecule has 0 aliphatic rings. The van der Waals surface area contributed by atoms with Gasteiger partial charge in [-0.25, -0.2) is 0 Å². The molecule has 0 fully saturated rings. The van der Waals surface area contributed by atoms with Crippen molar-refractivity contribution in [3.8, 4) is 5.75 Å². The number of unbranched alkanes of at least 4 members (excludes halogenated alkanes) is 6. The van der Waals surface area contributed by atoms with Gasteiger partial charge in [0, 0.05) is 11.8 Å². The molecular formula is C25H35NO. The lowest BCUT2D eigenvalue weighted by Gasteiger charge is -2.09. The van der Waals surface area contributed by atoms with Crippen molar-refractivity contribution in [2.24, 2.45) is 4.99 Å². The third kappa shape index (κ3) is 7.99. The monoisotopic (exact) mass is 365 g/mol. The number of para-hydroxylation sites is 2. The van der Waals surface area contributed by atoms with Gasteiger partial charge in [-0.2, -0.15) is 0 Å². The van der Waals surface area contributed by atoms with Crippen molar-refractivity contribution in [2.45, 2.75) is 71.6 Å². The Morgan fingerprint density at radius 3 is 2.33 bits per heavy atom. The lowest BCUT2D eigenvalue weighted by Crippen LogP contribution is -1.99. The fraction of sp³-hybridized carbons (Fsp3) is 0.480. The van der Waals surface area contributed by atoms with Crippen LogP contribution in [0.2, 0.25) is 0 Å². The van der Waals surface area contributed by atoms with Crippen molar-refractivity contribution in [2.75, 3.05) is 6.61 Å². The molecule has 0 aliphatic heterocycles. The minimum atomic E-state index is 0.760. The summed E-state index contributed by atoms with van der Waals surface area (Å²) < 4.78 is 5.92. The standard InChI is InChI=1S/C25H35NO/c1-3-5-7-8-9-10-15-22-16-11-13-18-24(22)26-21-23-17-12-14-19-25(23)27-20-6-4-2/h11-14,16-19,21H,3-10,15,20H2,1-2H3. The smallest absolute Gasteiger partial charge is 0.128 e. The number of aryl methyl sites for hydroxylation is 1. The van der Waals surface area contributed by atoms with Crippen LogP contribution in [0.5, 0.6) is 5.75 Å². The molecule has 2 heteroatoms. The third-order valence-electron chi connectivity index (χ3n) is 4.81. The van der Waals surface area contributed by atoms with Crippen LogP contribution in [0, 0.1) is 0 Å². The molecule has 0 spiro atoms. The van der Waals surface area contributed by atoms with Crippen LogP contribution >= 0.6 is 0 Å². The summed E-state index contributed by atoms with van der Waals surface area (Å²) in [4.78, 5) is 4.79. The maximum atomic E-state index is 5.92. The van der Waals surface area contributed by atoms with Gasteiger partial charge in [-0.3, -0.25) is 4.99 Å². The molecule has 0 radical (unpaired) electrons. The zero-order chi connectivity index (χ0) is 19.2. The van der Waals surface area contributed by atoms with E-state index in [1.54, 1.807) is 0 Å². The lowest BCUT2D eigenvalue weighted by atomic mass is 10.0. The van der Waals surface area contributed by atoms with Crippen molar-refractivity contribution in [3.05, 3.63) is 59.7 Å². The van der Waals surface area contributed by atoms with Crippen molar-refractivity contribution in [1.82, 2.24) is 0 Å². The molecule has 0 aliphatic carbocycles. The summed E-state index contributed by atoms with van der Waals surface area (Å²) in [5, 5.41) is 0. The molecule has 2 rings (SSSR count). The van der Waals surface area contributed by atoms with E-state index in [2.05, 4.69) is 44.2 Å². The van der Waals surface area contributed by atoms with E-state index in [0.717, 1.165) is 42.9 Å². The molecule has 2 aromatic carbocycles. The normalized spacial score (nSPS) is 11.2. The van der Waals surface area contributed by atoms with Gasteiger partial charge in [-0.05, 0) is 43.0 Å². The number of hydrogen-bond acceptors (Lipinski definition) is 2. The Balaban J connectivity index is 1.97. The molecule has 2 nitrogen and oxygen atoms in total. The second-order valence-corrected chi connectivity index (χ2v) is 7.14. The zero-order valence-corrected chi connectivity index (χ0v) is 17.1. The SMILES string of the molecule is CCCCCCCCc1ccccc1N=Cc1ccccc1OCCCC. The minimum Gasteiger partial charge on any atom is -0.493 e. The number of hydrogen-bond donors (Lipinski definition) is 0. The fourth-order valence-electron chi connectivity index (χ4n) is 3.13. The van der Waals surface area contributed by atoms with Crippen LogP contribution in [-0.4, -0.2) is 12.8 Å². The van der Waals surface area contributed by atoms with Crippen LogP contribution in [0.1, 0.15) is 76.3 Å². The number of benzene rings is 2. The highest BCUT2D eigenvalue weighted by Gasteiger charge is 2.03. The van der Waals surface area contributed by atoms with E-state index in [1.807, 2.05) is 24.4 Å². The highest BCUT2D eigenvalue weighted by Crippen LogP contribution is 2.23. The average Bonchev–Trinajstić information content (AvgIpc) is 2.71. The van der Waals surface area contributed by atoms with Crippen LogP contribution in [0.4, 0.5) is 5.69 Å². The van der Waals surface area contributed by atoms with Crippen molar-refractivity contribution >= 4 is 11.9 Å². The van der Waals surface area contributed by atoms with Gasteiger partial charge >= 0.3 is 0 Å². The number of nitrogens with zero attached hydrogens (tertiary/aromatic N) is 1. The Morgan fingerprint density at radius 2 is 1.48 bits per heavy atom. The third-order valence-corrected chi connectivity index (χ3v) is 4.81. The molecular weight excluding hydrogens is 330 g/mol. The summed E-state index contributed by atoms with van der Waals surface area (Å²) in [6.45, 7) is 5.20. The molecule has 0 atom stereocenters. The molecule has 0 N–H and O–H groups in total. The zero-order valence-electron chi connectivity index (χ0n) is 17.1. The Bertz CT molecular complexity index is 678. The van der Waals surface area contributed by atoms with Gasteiger partial charge in [-0.1, -0.05) is 82.7 Å². The first-order chi connectivity index (χ1) is 13.3. The Morgan fingerprint density at radius 1 is 0.778 bits per heavy atom. The van der Waals surface area contributed by atoms with Crippen molar-refractivity contribution in [1.29, 1.82) is 0 Å². The first-order valence-electron chi connectivity index (χ1n) is 10.7. The van der Waals surface area contributed by atoms with Crippen LogP contribution in [0.3, 0.4) is 0 Å². The predicted molar refractivity (Wildman–Crippen MR) is 118 cm³/mol. The summed E-state index contributed by atoms with van der Waals surface area (Å²) in [5.74, 6) is 0.920. The van der Waals surface area contributed by atoms with Gasteiger partial charge in [0.05, 0.1) is 12.3 Å². The van der Waals surface area contributed by atoms with E-state index in [0.29, 0.717) is 0 Å². The average molecular weight is 366 g/mol. The van der Waals surface area contributed by atoms with Gasteiger partial charge in [0.2, 0.25) is 0 Å². The second-order valence-electron chi connectivity index (χ2n) is 7.14. The lowest BCUT2D eigenvalue weighted by molar-refractivity contribution is 0.309. The Hall–Kier alpha value is -2.09. The molecule has 146 valence electrons. The minimum absolute atomic E-state index is 0.760. The molecule has 0 unspecified atom stereocenters. The summed E-state index contributed by atoms with van der Waals surface area (Å²) in [6, 6.07) is 16.7. The van der Waals surface area contributed by atoms with Gasteiger partial charge in [0.1, 0.15) is 5.75 Å². The summed E-state index contributed by atoms with van der Waals surface area (Å²) in [6.07, 6.45) is 13.2. The molecule has 2 aromatic rings. The van der Waals surface area contributed by atoms with Crippen LogP contribution in [-0.2, 0) is 6.42 Å². The van der Waals surface area contributed by atoms with Gasteiger partial charge < -0.3 is 4.74 Å². The molecule has 0 saturated heterocycles. The van der Waals surface area contributed by atoms with E-state index < -0.39 is 0 Å². The van der Waals surface area contributed by atoms with E-state index >= 15 is 0 Å². The topological polar surface area (TPSA) is 21.6 Å². The maximum absolute atomic E-state index is 5.92. The van der Waals surface area contributed by atoms with E-state index in [-0.39, 0.29) is 0 Å². The first kappa shape index (κ1) is 21.2. The van der Waals surface area contributed by atoms with Crippen molar-refractivity contribution < 1.29 is 4.74 Å². The quantitative estimate of drug-likeness (QED) is 0.266. The largest absolute Gasteiger partial charge is 0.493 e. The molecule has 0 aromatic heterocycles. The fourth-order valence-corrected chi connectivity index (χ4v) is 3.13. The molecule has 0 saturated carbocycles. The molecule has 27 heavy (non-hydrogen) atoms. The number of rotatable bonds is 13. The summed E-state index contributed by atoms with van der Waals surface area (Å²) >= 11 is 0. The highest BCUT2D eigenvalue weighted by atomic mass is 16.5. The highest BCUT2D eigenvalue weighted by molar-refractivity contribution is 5.85.